The van der Waals surface area contributed by atoms with Crippen LogP contribution in [0.4, 0.5) is 0 Å². The van der Waals surface area contributed by atoms with E-state index in [1.165, 1.54) is 16.3 Å². The number of sulfonamides is 1. The smallest absolute Gasteiger partial charge is 0.262 e. The highest BCUT2D eigenvalue weighted by Crippen LogP contribution is 2.21. The summed E-state index contributed by atoms with van der Waals surface area (Å²) >= 11 is 1.27. The predicted molar refractivity (Wildman–Crippen MR) is 61.1 cm³/mol. The molecular formula is C8H15N3O2S2. The molecule has 2 N–H and O–H groups in total. The Balaban J connectivity index is 2.86. The summed E-state index contributed by atoms with van der Waals surface area (Å²) in [5, 5.41) is 4.38. The molecule has 1 heterocycles. The molecule has 0 saturated heterocycles. The SMILES string of the molecule is CNCc1ccc(S(=O)(=O)NN(C)C)s1. The molecule has 1 aromatic rings. The van der Waals surface area contributed by atoms with Crippen molar-refractivity contribution < 1.29 is 8.42 Å². The lowest BCUT2D eigenvalue weighted by Gasteiger charge is -2.10. The maximum Gasteiger partial charge on any atom is 0.262 e. The van der Waals surface area contributed by atoms with Crippen LogP contribution in [0.15, 0.2) is 16.3 Å². The van der Waals surface area contributed by atoms with Gasteiger partial charge in [0, 0.05) is 25.5 Å². The fourth-order valence-electron chi connectivity index (χ4n) is 1.06. The number of thiophene rings is 1. The van der Waals surface area contributed by atoms with Gasteiger partial charge in [-0.2, -0.15) is 0 Å². The van der Waals surface area contributed by atoms with Crippen LogP contribution < -0.4 is 10.1 Å². The molecule has 15 heavy (non-hydrogen) atoms. The topological polar surface area (TPSA) is 61.4 Å². The quantitative estimate of drug-likeness (QED) is 0.733. The van der Waals surface area contributed by atoms with E-state index in [1.54, 1.807) is 20.2 Å². The second kappa shape index (κ2) is 5.04. The van der Waals surface area contributed by atoms with Crippen molar-refractivity contribution in [3.8, 4) is 0 Å². The van der Waals surface area contributed by atoms with E-state index in [2.05, 4.69) is 10.1 Å². The van der Waals surface area contributed by atoms with Gasteiger partial charge in [-0.3, -0.25) is 0 Å². The van der Waals surface area contributed by atoms with Gasteiger partial charge in [0.05, 0.1) is 0 Å². The van der Waals surface area contributed by atoms with Gasteiger partial charge in [0.2, 0.25) is 0 Å². The first-order valence-corrected chi connectivity index (χ1v) is 6.69. The zero-order valence-corrected chi connectivity index (χ0v) is 10.6. The van der Waals surface area contributed by atoms with E-state index >= 15 is 0 Å². The van der Waals surface area contributed by atoms with Gasteiger partial charge in [-0.25, -0.2) is 13.4 Å². The van der Waals surface area contributed by atoms with Crippen LogP contribution in [0.3, 0.4) is 0 Å². The van der Waals surface area contributed by atoms with Gasteiger partial charge in [0.15, 0.2) is 0 Å². The molecule has 0 aromatic carbocycles. The second-order valence-corrected chi connectivity index (χ2v) is 6.30. The third-order valence-corrected chi connectivity index (χ3v) is 4.62. The summed E-state index contributed by atoms with van der Waals surface area (Å²) in [6.07, 6.45) is 0. The summed E-state index contributed by atoms with van der Waals surface area (Å²) in [6.45, 7) is 0.683. The highest BCUT2D eigenvalue weighted by atomic mass is 32.2. The minimum Gasteiger partial charge on any atom is -0.315 e. The van der Waals surface area contributed by atoms with E-state index in [-0.39, 0.29) is 0 Å². The Labute approximate surface area is 94.1 Å². The van der Waals surface area contributed by atoms with E-state index in [9.17, 15) is 8.42 Å². The zero-order chi connectivity index (χ0) is 11.5. The summed E-state index contributed by atoms with van der Waals surface area (Å²) in [6, 6.07) is 3.43. The highest BCUT2D eigenvalue weighted by molar-refractivity contribution is 7.91. The van der Waals surface area contributed by atoms with Crippen molar-refractivity contribution in [1.82, 2.24) is 15.2 Å². The van der Waals surface area contributed by atoms with Crippen molar-refractivity contribution in [2.45, 2.75) is 10.8 Å². The molecule has 0 fully saturated rings. The Morgan fingerprint density at radius 3 is 2.60 bits per heavy atom. The Morgan fingerprint density at radius 1 is 1.40 bits per heavy atom. The van der Waals surface area contributed by atoms with E-state index in [0.717, 1.165) is 4.88 Å². The average molecular weight is 249 g/mol. The zero-order valence-electron chi connectivity index (χ0n) is 8.94. The van der Waals surface area contributed by atoms with Crippen LogP contribution in [0.2, 0.25) is 0 Å². The third kappa shape index (κ3) is 3.54. The Bertz CT molecular complexity index is 411. The van der Waals surface area contributed by atoms with Gasteiger partial charge in [-0.05, 0) is 19.2 Å². The summed E-state index contributed by atoms with van der Waals surface area (Å²) in [4.78, 5) is 3.38. The number of rotatable bonds is 5. The molecule has 0 spiro atoms. The molecule has 1 aromatic heterocycles. The normalized spacial score (nSPS) is 12.3. The monoisotopic (exact) mass is 249 g/mol. The minimum atomic E-state index is -3.39. The van der Waals surface area contributed by atoms with Crippen molar-refractivity contribution in [2.24, 2.45) is 0 Å². The number of nitrogens with one attached hydrogen (secondary N) is 2. The van der Waals surface area contributed by atoms with E-state index < -0.39 is 10.0 Å². The Hall–Kier alpha value is -0.470. The maximum atomic E-state index is 11.7. The van der Waals surface area contributed by atoms with Gasteiger partial charge in [-0.15, -0.1) is 16.2 Å². The Kier molecular flexibility index (Phi) is 4.23. The van der Waals surface area contributed by atoms with Crippen LogP contribution in [0.5, 0.6) is 0 Å². The molecule has 0 saturated carbocycles. The number of nitrogens with zero attached hydrogens (tertiary/aromatic N) is 1. The molecule has 0 aliphatic carbocycles. The number of hydrogen-bond donors (Lipinski definition) is 2. The van der Waals surface area contributed by atoms with E-state index in [4.69, 9.17) is 0 Å². The lowest BCUT2D eigenvalue weighted by atomic mass is 10.5. The van der Waals surface area contributed by atoms with Crippen molar-refractivity contribution in [3.63, 3.8) is 0 Å². The number of hydrogen-bond acceptors (Lipinski definition) is 5. The van der Waals surface area contributed by atoms with Crippen molar-refractivity contribution in [3.05, 3.63) is 17.0 Å². The molecule has 0 unspecified atom stereocenters. The van der Waals surface area contributed by atoms with Gasteiger partial charge >= 0.3 is 0 Å². The molecule has 0 aliphatic rings. The van der Waals surface area contributed by atoms with E-state index in [1.807, 2.05) is 13.1 Å². The number of hydrazine groups is 1. The second-order valence-electron chi connectivity index (χ2n) is 3.24. The lowest BCUT2D eigenvalue weighted by molar-refractivity contribution is 0.364. The highest BCUT2D eigenvalue weighted by Gasteiger charge is 2.16. The lowest BCUT2D eigenvalue weighted by Crippen LogP contribution is -2.35. The van der Waals surface area contributed by atoms with Crippen molar-refractivity contribution in [1.29, 1.82) is 0 Å². The molecule has 86 valence electrons. The first-order chi connectivity index (χ1) is 6.95. The van der Waals surface area contributed by atoms with Crippen LogP contribution in [-0.4, -0.2) is 34.6 Å². The van der Waals surface area contributed by atoms with Gasteiger partial charge < -0.3 is 5.32 Å². The molecule has 0 amide bonds. The fraction of sp³-hybridized carbons (Fsp3) is 0.500. The molecule has 0 atom stereocenters. The Morgan fingerprint density at radius 2 is 2.07 bits per heavy atom. The van der Waals surface area contributed by atoms with Crippen LogP contribution >= 0.6 is 11.3 Å². The summed E-state index contributed by atoms with van der Waals surface area (Å²) in [7, 11) is 1.71. The van der Waals surface area contributed by atoms with E-state index in [0.29, 0.717) is 10.8 Å². The van der Waals surface area contributed by atoms with Gasteiger partial charge in [0.25, 0.3) is 10.0 Å². The molecule has 7 heteroatoms. The molecule has 1 rings (SSSR count). The van der Waals surface area contributed by atoms with Crippen LogP contribution in [0.1, 0.15) is 4.88 Å². The summed E-state index contributed by atoms with van der Waals surface area (Å²) in [5.41, 5.74) is 0. The van der Waals surface area contributed by atoms with Gasteiger partial charge in [-0.1, -0.05) is 0 Å². The van der Waals surface area contributed by atoms with Crippen LogP contribution in [0, 0.1) is 0 Å². The predicted octanol–water partition coefficient (Wildman–Crippen LogP) is 0.222. The average Bonchev–Trinajstić information content (AvgIpc) is 2.51. The summed E-state index contributed by atoms with van der Waals surface area (Å²) < 4.78 is 23.7. The minimum absolute atomic E-state index is 0.335. The molecule has 5 nitrogen and oxygen atoms in total. The van der Waals surface area contributed by atoms with Crippen LogP contribution in [0.25, 0.3) is 0 Å². The third-order valence-electron chi connectivity index (χ3n) is 1.56. The summed E-state index contributed by atoms with van der Waals surface area (Å²) in [5.74, 6) is 0. The largest absolute Gasteiger partial charge is 0.315 e. The van der Waals surface area contributed by atoms with Crippen molar-refractivity contribution >= 4 is 21.4 Å². The first kappa shape index (κ1) is 12.6. The van der Waals surface area contributed by atoms with Gasteiger partial charge in [0.1, 0.15) is 4.21 Å². The molecule has 0 radical (unpaired) electrons. The first-order valence-electron chi connectivity index (χ1n) is 4.39. The molecule has 0 aliphatic heterocycles. The van der Waals surface area contributed by atoms with Crippen molar-refractivity contribution in [2.75, 3.05) is 21.1 Å². The van der Waals surface area contributed by atoms with Crippen LogP contribution in [-0.2, 0) is 16.6 Å². The standard InChI is InChI=1S/C8H15N3O2S2/c1-9-6-7-4-5-8(14-7)15(12,13)10-11(2)3/h4-5,9-10H,6H2,1-3H3. The molecular weight excluding hydrogens is 234 g/mol. The maximum absolute atomic E-state index is 11.7. The molecule has 0 bridgehead atoms. The fourth-order valence-corrected chi connectivity index (χ4v) is 3.49.